The Kier molecular flexibility index (Phi) is 5.82. The van der Waals surface area contributed by atoms with E-state index in [4.69, 9.17) is 0 Å². The lowest BCUT2D eigenvalue weighted by Gasteiger charge is -2.34. The van der Waals surface area contributed by atoms with E-state index in [1.165, 1.54) is 23.5 Å². The van der Waals surface area contributed by atoms with Crippen LogP contribution in [0, 0.1) is 0 Å². The fourth-order valence-corrected chi connectivity index (χ4v) is 4.42. The summed E-state index contributed by atoms with van der Waals surface area (Å²) in [5.74, 6) is -0.120. The normalized spacial score (nSPS) is 15.6. The van der Waals surface area contributed by atoms with E-state index in [0.717, 1.165) is 19.6 Å². The number of piperazine rings is 1. The number of para-hydroxylation sites is 1. The molecule has 6 nitrogen and oxygen atoms in total. The first-order chi connectivity index (χ1) is 12.9. The summed E-state index contributed by atoms with van der Waals surface area (Å²) in [6.45, 7) is 6.09. The molecule has 1 heterocycles. The number of sulfonamides is 1. The van der Waals surface area contributed by atoms with Crippen molar-refractivity contribution < 1.29 is 13.2 Å². The molecule has 0 N–H and O–H groups in total. The van der Waals surface area contributed by atoms with Gasteiger partial charge in [-0.2, -0.15) is 0 Å². The summed E-state index contributed by atoms with van der Waals surface area (Å²) in [5.41, 5.74) is 0.979. The Balaban J connectivity index is 1.82. The lowest BCUT2D eigenvalue weighted by Crippen LogP contribution is -2.48. The molecule has 0 atom stereocenters. The van der Waals surface area contributed by atoms with Gasteiger partial charge in [0, 0.05) is 38.8 Å². The van der Waals surface area contributed by atoms with Gasteiger partial charge in [0.05, 0.1) is 10.6 Å². The van der Waals surface area contributed by atoms with Gasteiger partial charge >= 0.3 is 0 Å². The lowest BCUT2D eigenvalue weighted by molar-refractivity contribution is 0.0643. The molecular formula is C20H25N3O3S. The predicted molar refractivity (Wildman–Crippen MR) is 106 cm³/mol. The van der Waals surface area contributed by atoms with E-state index >= 15 is 0 Å². The standard InChI is InChI=1S/C20H25N3O3S/c1-3-22-12-14-23(15-13-22)20(24)17-8-7-11-19(16-17)27(25,26)21(2)18-9-5-4-6-10-18/h4-11,16H,3,12-15H2,1-2H3. The van der Waals surface area contributed by atoms with E-state index < -0.39 is 10.0 Å². The minimum Gasteiger partial charge on any atom is -0.336 e. The Morgan fingerprint density at radius 1 is 1.00 bits per heavy atom. The van der Waals surface area contributed by atoms with Crippen LogP contribution in [0.1, 0.15) is 17.3 Å². The zero-order valence-corrected chi connectivity index (χ0v) is 16.5. The summed E-state index contributed by atoms with van der Waals surface area (Å²) >= 11 is 0. The van der Waals surface area contributed by atoms with Crippen LogP contribution in [0.4, 0.5) is 5.69 Å². The Morgan fingerprint density at radius 3 is 2.30 bits per heavy atom. The topological polar surface area (TPSA) is 60.9 Å². The van der Waals surface area contributed by atoms with Gasteiger partial charge in [-0.3, -0.25) is 9.10 Å². The lowest BCUT2D eigenvalue weighted by atomic mass is 10.2. The third kappa shape index (κ3) is 4.14. The number of rotatable bonds is 5. The average Bonchev–Trinajstić information content (AvgIpc) is 2.73. The van der Waals surface area contributed by atoms with E-state index in [9.17, 15) is 13.2 Å². The second-order valence-electron chi connectivity index (χ2n) is 6.56. The second-order valence-corrected chi connectivity index (χ2v) is 8.53. The first kappa shape index (κ1) is 19.4. The molecular weight excluding hydrogens is 362 g/mol. The summed E-state index contributed by atoms with van der Waals surface area (Å²) in [6, 6.07) is 15.2. The minimum atomic E-state index is -3.74. The number of hydrogen-bond acceptors (Lipinski definition) is 4. The van der Waals surface area contributed by atoms with Crippen LogP contribution < -0.4 is 4.31 Å². The van der Waals surface area contributed by atoms with Crippen molar-refractivity contribution in [2.45, 2.75) is 11.8 Å². The van der Waals surface area contributed by atoms with Gasteiger partial charge < -0.3 is 9.80 Å². The average molecular weight is 388 g/mol. The van der Waals surface area contributed by atoms with Crippen molar-refractivity contribution in [1.29, 1.82) is 0 Å². The van der Waals surface area contributed by atoms with Crippen molar-refractivity contribution in [3.05, 3.63) is 60.2 Å². The monoisotopic (exact) mass is 387 g/mol. The maximum atomic E-state index is 13.0. The minimum absolute atomic E-state index is 0.117. The van der Waals surface area contributed by atoms with Gasteiger partial charge in [0.1, 0.15) is 0 Å². The molecule has 0 aliphatic carbocycles. The SMILES string of the molecule is CCN1CCN(C(=O)c2cccc(S(=O)(=O)N(C)c3ccccc3)c2)CC1. The Morgan fingerprint density at radius 2 is 1.67 bits per heavy atom. The maximum Gasteiger partial charge on any atom is 0.264 e. The smallest absolute Gasteiger partial charge is 0.264 e. The highest BCUT2D eigenvalue weighted by Gasteiger charge is 2.25. The molecule has 0 unspecified atom stereocenters. The van der Waals surface area contributed by atoms with Crippen LogP contribution in [-0.2, 0) is 10.0 Å². The molecule has 3 rings (SSSR count). The summed E-state index contributed by atoms with van der Waals surface area (Å²) in [6.07, 6.45) is 0. The predicted octanol–water partition coefficient (Wildman–Crippen LogP) is 2.29. The second kappa shape index (κ2) is 8.10. The zero-order valence-electron chi connectivity index (χ0n) is 15.7. The number of anilines is 1. The number of amides is 1. The molecule has 0 aromatic heterocycles. The van der Waals surface area contributed by atoms with Gasteiger partial charge in [-0.1, -0.05) is 31.2 Å². The molecule has 1 amide bonds. The van der Waals surface area contributed by atoms with Crippen LogP contribution in [-0.4, -0.2) is 63.9 Å². The Labute approximate surface area is 161 Å². The van der Waals surface area contributed by atoms with Gasteiger partial charge in [0.25, 0.3) is 15.9 Å². The number of carbonyl (C=O) groups is 1. The quantitative estimate of drug-likeness (QED) is 0.790. The van der Waals surface area contributed by atoms with E-state index in [2.05, 4.69) is 11.8 Å². The highest BCUT2D eigenvalue weighted by molar-refractivity contribution is 7.92. The van der Waals surface area contributed by atoms with Gasteiger partial charge in [-0.25, -0.2) is 8.42 Å². The number of likely N-dealkylation sites (N-methyl/N-ethyl adjacent to an activating group) is 1. The number of nitrogens with zero attached hydrogens (tertiary/aromatic N) is 3. The van der Waals surface area contributed by atoms with Crippen molar-refractivity contribution in [3.8, 4) is 0 Å². The molecule has 0 saturated carbocycles. The van der Waals surface area contributed by atoms with Crippen molar-refractivity contribution in [1.82, 2.24) is 9.80 Å². The van der Waals surface area contributed by atoms with E-state index in [0.29, 0.717) is 24.3 Å². The number of benzene rings is 2. The number of hydrogen-bond donors (Lipinski definition) is 0. The molecule has 1 fully saturated rings. The highest BCUT2D eigenvalue weighted by Crippen LogP contribution is 2.23. The van der Waals surface area contributed by atoms with E-state index in [-0.39, 0.29) is 10.8 Å². The molecule has 7 heteroatoms. The largest absolute Gasteiger partial charge is 0.336 e. The third-order valence-corrected chi connectivity index (χ3v) is 6.75. The van der Waals surface area contributed by atoms with Crippen molar-refractivity contribution in [3.63, 3.8) is 0 Å². The molecule has 0 radical (unpaired) electrons. The summed E-state index contributed by atoms with van der Waals surface area (Å²) < 4.78 is 27.2. The van der Waals surface area contributed by atoms with Crippen LogP contribution in [0.5, 0.6) is 0 Å². The fourth-order valence-electron chi connectivity index (χ4n) is 3.17. The molecule has 1 aliphatic heterocycles. The van der Waals surface area contributed by atoms with Gasteiger partial charge in [0.2, 0.25) is 0 Å². The van der Waals surface area contributed by atoms with Crippen molar-refractivity contribution >= 4 is 21.6 Å². The molecule has 27 heavy (non-hydrogen) atoms. The molecule has 0 bridgehead atoms. The van der Waals surface area contributed by atoms with Crippen LogP contribution in [0.2, 0.25) is 0 Å². The van der Waals surface area contributed by atoms with Gasteiger partial charge in [-0.05, 0) is 36.9 Å². The van der Waals surface area contributed by atoms with E-state index in [1.54, 1.807) is 41.3 Å². The summed E-state index contributed by atoms with van der Waals surface area (Å²) in [5, 5.41) is 0. The first-order valence-electron chi connectivity index (χ1n) is 9.09. The van der Waals surface area contributed by atoms with E-state index in [1.807, 2.05) is 6.07 Å². The third-order valence-electron chi connectivity index (χ3n) is 4.97. The molecule has 2 aromatic rings. The molecule has 1 aliphatic rings. The first-order valence-corrected chi connectivity index (χ1v) is 10.5. The number of carbonyl (C=O) groups excluding carboxylic acids is 1. The van der Waals surface area contributed by atoms with Gasteiger partial charge in [0.15, 0.2) is 0 Å². The molecule has 1 saturated heterocycles. The molecule has 144 valence electrons. The Bertz CT molecular complexity index is 892. The molecule has 2 aromatic carbocycles. The van der Waals surface area contributed by atoms with Crippen LogP contribution >= 0.6 is 0 Å². The van der Waals surface area contributed by atoms with Crippen molar-refractivity contribution in [2.24, 2.45) is 0 Å². The van der Waals surface area contributed by atoms with Crippen LogP contribution in [0.3, 0.4) is 0 Å². The Hall–Kier alpha value is -2.38. The van der Waals surface area contributed by atoms with Gasteiger partial charge in [-0.15, -0.1) is 0 Å². The highest BCUT2D eigenvalue weighted by atomic mass is 32.2. The van der Waals surface area contributed by atoms with Crippen molar-refractivity contribution in [2.75, 3.05) is 44.1 Å². The summed E-state index contributed by atoms with van der Waals surface area (Å²) in [7, 11) is -2.22. The maximum absolute atomic E-state index is 13.0. The zero-order chi connectivity index (χ0) is 19.4. The van der Waals surface area contributed by atoms with Crippen LogP contribution in [0.15, 0.2) is 59.5 Å². The van der Waals surface area contributed by atoms with Crippen LogP contribution in [0.25, 0.3) is 0 Å². The molecule has 0 spiro atoms. The summed E-state index contributed by atoms with van der Waals surface area (Å²) in [4.78, 5) is 17.0. The fraction of sp³-hybridized carbons (Fsp3) is 0.350.